The van der Waals surface area contributed by atoms with Crippen LogP contribution in [0.2, 0.25) is 0 Å². The van der Waals surface area contributed by atoms with Crippen molar-refractivity contribution in [3.05, 3.63) is 70.3 Å². The van der Waals surface area contributed by atoms with Gasteiger partial charge in [0.2, 0.25) is 11.8 Å². The van der Waals surface area contributed by atoms with Crippen molar-refractivity contribution >= 4 is 38.6 Å². The highest BCUT2D eigenvalue weighted by molar-refractivity contribution is 9.10. The van der Waals surface area contributed by atoms with E-state index in [1.54, 1.807) is 0 Å². The van der Waals surface area contributed by atoms with Crippen LogP contribution >= 0.6 is 15.9 Å². The fraction of sp³-hybridized carbons (Fsp3) is 0.200. The quantitative estimate of drug-likeness (QED) is 0.579. The van der Waals surface area contributed by atoms with Crippen LogP contribution in [0.3, 0.4) is 0 Å². The highest BCUT2D eigenvalue weighted by Crippen LogP contribution is 2.19. The molecule has 2 aromatic carbocycles. The van der Waals surface area contributed by atoms with E-state index in [1.165, 1.54) is 6.92 Å². The molecule has 1 atom stereocenters. The summed E-state index contributed by atoms with van der Waals surface area (Å²) in [5, 5.41) is 6.72. The summed E-state index contributed by atoms with van der Waals surface area (Å²) in [4.78, 5) is 27.4. The second kappa shape index (κ2) is 8.19. The van der Waals surface area contributed by atoms with Crippen LogP contribution in [0.15, 0.2) is 59.2 Å². The molecule has 0 aliphatic carbocycles. The Morgan fingerprint density at radius 2 is 1.96 bits per heavy atom. The third kappa shape index (κ3) is 4.52. The molecule has 0 radical (unpaired) electrons. The molecule has 0 fully saturated rings. The molecule has 3 N–H and O–H groups in total. The number of carbonyl (C=O) groups is 2. The van der Waals surface area contributed by atoms with Gasteiger partial charge in [-0.1, -0.05) is 46.3 Å². The molecule has 0 spiro atoms. The molecule has 3 rings (SSSR count). The minimum atomic E-state index is -0.626. The summed E-state index contributed by atoms with van der Waals surface area (Å²) in [6.07, 6.45) is 2.31. The smallest absolute Gasteiger partial charge is 0.243 e. The monoisotopic (exact) mass is 413 g/mol. The molecule has 1 unspecified atom stereocenters. The van der Waals surface area contributed by atoms with E-state index in [9.17, 15) is 9.59 Å². The number of carbonyl (C=O) groups excluding carboxylic acids is 2. The van der Waals surface area contributed by atoms with Crippen molar-refractivity contribution in [2.75, 3.05) is 0 Å². The second-order valence-corrected chi connectivity index (χ2v) is 7.08. The number of aromatic amines is 1. The van der Waals surface area contributed by atoms with Gasteiger partial charge in [0.25, 0.3) is 0 Å². The first kappa shape index (κ1) is 18.2. The Labute approximate surface area is 160 Å². The number of amides is 2. The molecule has 0 saturated carbocycles. The summed E-state index contributed by atoms with van der Waals surface area (Å²) in [6, 6.07) is 15.0. The maximum absolute atomic E-state index is 12.7. The average molecular weight is 414 g/mol. The van der Waals surface area contributed by atoms with Crippen molar-refractivity contribution < 1.29 is 9.59 Å². The van der Waals surface area contributed by atoms with Crippen molar-refractivity contribution in [2.24, 2.45) is 0 Å². The minimum Gasteiger partial charge on any atom is -0.361 e. The predicted octanol–water partition coefficient (Wildman–Crippen LogP) is 3.29. The zero-order chi connectivity index (χ0) is 18.5. The summed E-state index contributed by atoms with van der Waals surface area (Å²) < 4.78 is 0.960. The number of fused-ring (bicyclic) bond motifs is 1. The van der Waals surface area contributed by atoms with Crippen molar-refractivity contribution in [1.29, 1.82) is 0 Å². The Hall–Kier alpha value is -2.60. The van der Waals surface area contributed by atoms with Gasteiger partial charge in [-0.3, -0.25) is 9.59 Å². The van der Waals surface area contributed by atoms with Crippen molar-refractivity contribution in [2.45, 2.75) is 25.9 Å². The molecule has 3 aromatic rings. The molecule has 0 aliphatic rings. The van der Waals surface area contributed by atoms with Crippen LogP contribution in [0.5, 0.6) is 0 Å². The fourth-order valence-corrected chi connectivity index (χ4v) is 3.38. The minimum absolute atomic E-state index is 0.203. The van der Waals surface area contributed by atoms with E-state index in [0.29, 0.717) is 13.0 Å². The third-order valence-electron chi connectivity index (χ3n) is 4.15. The summed E-state index contributed by atoms with van der Waals surface area (Å²) >= 11 is 3.42. The highest BCUT2D eigenvalue weighted by Gasteiger charge is 2.21. The van der Waals surface area contributed by atoms with Gasteiger partial charge in [-0.25, -0.2) is 0 Å². The van der Waals surface area contributed by atoms with Crippen LogP contribution in [0.4, 0.5) is 0 Å². The molecule has 134 valence electrons. The molecular formula is C20H20BrN3O2. The number of aromatic nitrogens is 1. The lowest BCUT2D eigenvalue weighted by Crippen LogP contribution is -2.47. The van der Waals surface area contributed by atoms with E-state index in [-0.39, 0.29) is 11.8 Å². The summed E-state index contributed by atoms with van der Waals surface area (Å²) in [6.45, 7) is 1.83. The standard InChI is InChI=1S/C20H20BrN3O2/c1-13(25)24-19(10-15-12-22-18-8-3-2-7-17(15)18)20(26)23-11-14-5-4-6-16(21)9-14/h2-9,12,19,22H,10-11H2,1H3,(H,23,26)(H,24,25). The number of hydrogen-bond acceptors (Lipinski definition) is 2. The van der Waals surface area contributed by atoms with E-state index in [1.807, 2.05) is 54.7 Å². The lowest BCUT2D eigenvalue weighted by Gasteiger charge is -2.17. The summed E-state index contributed by atoms with van der Waals surface area (Å²) in [7, 11) is 0. The van der Waals surface area contributed by atoms with Gasteiger partial charge < -0.3 is 15.6 Å². The first-order chi connectivity index (χ1) is 12.5. The first-order valence-electron chi connectivity index (χ1n) is 8.37. The van der Waals surface area contributed by atoms with E-state index in [0.717, 1.165) is 26.5 Å². The maximum Gasteiger partial charge on any atom is 0.243 e. The molecular weight excluding hydrogens is 394 g/mol. The van der Waals surface area contributed by atoms with Crippen LogP contribution in [0.1, 0.15) is 18.1 Å². The van der Waals surface area contributed by atoms with Gasteiger partial charge in [0, 0.05) is 41.5 Å². The van der Waals surface area contributed by atoms with E-state index >= 15 is 0 Å². The largest absolute Gasteiger partial charge is 0.361 e. The molecule has 5 nitrogen and oxygen atoms in total. The SMILES string of the molecule is CC(=O)NC(Cc1c[nH]c2ccccc12)C(=O)NCc1cccc(Br)c1. The predicted molar refractivity (Wildman–Crippen MR) is 106 cm³/mol. The lowest BCUT2D eigenvalue weighted by molar-refractivity contribution is -0.128. The maximum atomic E-state index is 12.7. The van der Waals surface area contributed by atoms with Gasteiger partial charge in [-0.15, -0.1) is 0 Å². The normalized spacial score (nSPS) is 11.9. The van der Waals surface area contributed by atoms with Crippen LogP contribution in [-0.4, -0.2) is 22.8 Å². The topological polar surface area (TPSA) is 74.0 Å². The van der Waals surface area contributed by atoms with Crippen molar-refractivity contribution in [1.82, 2.24) is 15.6 Å². The molecule has 26 heavy (non-hydrogen) atoms. The van der Waals surface area contributed by atoms with E-state index in [4.69, 9.17) is 0 Å². The Morgan fingerprint density at radius 1 is 1.15 bits per heavy atom. The average Bonchev–Trinajstić information content (AvgIpc) is 3.02. The first-order valence-corrected chi connectivity index (χ1v) is 9.16. The van der Waals surface area contributed by atoms with Crippen LogP contribution < -0.4 is 10.6 Å². The second-order valence-electron chi connectivity index (χ2n) is 6.16. The van der Waals surface area contributed by atoms with Crippen molar-refractivity contribution in [3.8, 4) is 0 Å². The number of nitrogens with one attached hydrogen (secondary N) is 3. The Kier molecular flexibility index (Phi) is 5.73. The number of benzene rings is 2. The molecule has 0 aliphatic heterocycles. The van der Waals surface area contributed by atoms with Gasteiger partial charge in [0.15, 0.2) is 0 Å². The molecule has 0 saturated heterocycles. The number of hydrogen-bond donors (Lipinski definition) is 3. The lowest BCUT2D eigenvalue weighted by atomic mass is 10.0. The van der Waals surface area contributed by atoms with Crippen LogP contribution in [0.25, 0.3) is 10.9 Å². The summed E-state index contributed by atoms with van der Waals surface area (Å²) in [5.41, 5.74) is 3.00. The molecule has 0 bridgehead atoms. The molecule has 1 aromatic heterocycles. The van der Waals surface area contributed by atoms with Gasteiger partial charge in [0.1, 0.15) is 6.04 Å². The Morgan fingerprint density at radius 3 is 2.73 bits per heavy atom. The van der Waals surface area contributed by atoms with E-state index in [2.05, 4.69) is 31.5 Å². The van der Waals surface area contributed by atoms with Gasteiger partial charge >= 0.3 is 0 Å². The zero-order valence-corrected chi connectivity index (χ0v) is 16.0. The number of H-pyrrole nitrogens is 1. The number of rotatable bonds is 6. The summed E-state index contributed by atoms with van der Waals surface area (Å²) in [5.74, 6) is -0.432. The highest BCUT2D eigenvalue weighted by atomic mass is 79.9. The van der Waals surface area contributed by atoms with Gasteiger partial charge in [0.05, 0.1) is 0 Å². The molecule has 2 amide bonds. The van der Waals surface area contributed by atoms with Crippen LogP contribution in [0, 0.1) is 0 Å². The Bertz CT molecular complexity index is 935. The van der Waals surface area contributed by atoms with E-state index < -0.39 is 6.04 Å². The molecule has 1 heterocycles. The van der Waals surface area contributed by atoms with Gasteiger partial charge in [-0.2, -0.15) is 0 Å². The fourth-order valence-electron chi connectivity index (χ4n) is 2.93. The molecule has 6 heteroatoms. The van der Waals surface area contributed by atoms with Crippen molar-refractivity contribution in [3.63, 3.8) is 0 Å². The number of para-hydroxylation sites is 1. The Balaban J connectivity index is 1.72. The zero-order valence-electron chi connectivity index (χ0n) is 14.4. The number of halogens is 1. The van der Waals surface area contributed by atoms with Crippen LogP contribution in [-0.2, 0) is 22.6 Å². The van der Waals surface area contributed by atoms with Gasteiger partial charge in [-0.05, 0) is 29.3 Å². The third-order valence-corrected chi connectivity index (χ3v) is 4.64.